The number of benzene rings is 1. The molecule has 0 fully saturated rings. The van der Waals surface area contributed by atoms with Gasteiger partial charge in [-0.3, -0.25) is 18.9 Å². The maximum absolute atomic E-state index is 12.7. The van der Waals surface area contributed by atoms with Crippen molar-refractivity contribution in [3.63, 3.8) is 0 Å². The van der Waals surface area contributed by atoms with Crippen molar-refractivity contribution in [1.82, 2.24) is 19.3 Å². The van der Waals surface area contributed by atoms with E-state index in [9.17, 15) is 18.0 Å². The van der Waals surface area contributed by atoms with Crippen molar-refractivity contribution >= 4 is 39.1 Å². The Kier molecular flexibility index (Phi) is 6.87. The number of carbonyl (C=O) groups is 2. The van der Waals surface area contributed by atoms with Crippen LogP contribution in [-0.2, 0) is 19.6 Å². The number of sulfonamides is 1. The molecule has 0 unspecified atom stereocenters. The number of aryl methyl sites for hydroxylation is 1. The second-order valence-corrected chi connectivity index (χ2v) is 9.47. The molecule has 0 saturated carbocycles. The first-order valence-corrected chi connectivity index (χ1v) is 12.2. The average Bonchev–Trinajstić information content (AvgIpc) is 3.01. The van der Waals surface area contributed by atoms with Crippen LogP contribution in [0.2, 0.25) is 0 Å². The molecule has 1 aromatic carbocycles. The van der Waals surface area contributed by atoms with Gasteiger partial charge < -0.3 is 10.1 Å². The van der Waals surface area contributed by atoms with Gasteiger partial charge in [0.25, 0.3) is 15.9 Å². The maximum atomic E-state index is 12.7. The van der Waals surface area contributed by atoms with E-state index in [0.717, 1.165) is 19.3 Å². The number of aliphatic imine (C=N–C) groups is 1. The molecular weight excluding hydrogens is 460 g/mol. The van der Waals surface area contributed by atoms with Crippen LogP contribution in [0.1, 0.15) is 41.9 Å². The molecule has 0 radical (unpaired) electrons. The Bertz CT molecular complexity index is 1370. The molecule has 178 valence electrons. The lowest BCUT2D eigenvalue weighted by atomic mass is 10.2. The number of amides is 1. The normalized spacial score (nSPS) is 14.2. The lowest BCUT2D eigenvalue weighted by molar-refractivity contribution is -0.119. The third kappa shape index (κ3) is 5.57. The predicted octanol–water partition coefficient (Wildman–Crippen LogP) is 2.08. The highest BCUT2D eigenvalue weighted by Crippen LogP contribution is 2.17. The lowest BCUT2D eigenvalue weighted by Gasteiger charge is -2.11. The number of amidine groups is 1. The molecule has 1 aliphatic heterocycles. The molecule has 0 saturated heterocycles. The molecule has 12 heteroatoms. The number of ether oxygens (including phenoxy) is 1. The van der Waals surface area contributed by atoms with Crippen molar-refractivity contribution in [1.29, 1.82) is 0 Å². The van der Waals surface area contributed by atoms with Gasteiger partial charge in [0.2, 0.25) is 0 Å². The van der Waals surface area contributed by atoms with Gasteiger partial charge >= 0.3 is 5.97 Å². The summed E-state index contributed by atoms with van der Waals surface area (Å²) in [6.45, 7) is 1.81. The highest BCUT2D eigenvalue weighted by atomic mass is 32.2. The summed E-state index contributed by atoms with van der Waals surface area (Å²) in [5, 5.41) is 10.4. The van der Waals surface area contributed by atoms with E-state index in [2.05, 4.69) is 25.2 Å². The Labute approximate surface area is 196 Å². The molecule has 0 atom stereocenters. The fraction of sp³-hybridized carbons (Fsp3) is 0.318. The summed E-state index contributed by atoms with van der Waals surface area (Å²) < 4.78 is 34.7. The number of nitrogens with one attached hydrogen (secondary N) is 2. The fourth-order valence-electron chi connectivity index (χ4n) is 3.45. The number of hydrogen-bond donors (Lipinski definition) is 2. The third-order valence-electron chi connectivity index (χ3n) is 5.20. The first-order valence-electron chi connectivity index (χ1n) is 10.8. The molecule has 1 amide bonds. The van der Waals surface area contributed by atoms with Crippen molar-refractivity contribution < 1.29 is 22.7 Å². The summed E-state index contributed by atoms with van der Waals surface area (Å²) in [5.74, 6) is -0.239. The van der Waals surface area contributed by atoms with E-state index in [1.54, 1.807) is 23.5 Å². The fourth-order valence-corrected chi connectivity index (χ4v) is 4.58. The molecule has 34 heavy (non-hydrogen) atoms. The van der Waals surface area contributed by atoms with E-state index in [-0.39, 0.29) is 16.1 Å². The second-order valence-electron chi connectivity index (χ2n) is 7.79. The van der Waals surface area contributed by atoms with Crippen LogP contribution in [0.3, 0.4) is 0 Å². The van der Waals surface area contributed by atoms with Crippen LogP contribution in [0.5, 0.6) is 0 Å². The standard InChI is InChI=1S/C22H24N6O5S/c1-15-25-26-20-10-9-16(13-28(15)20)22(30)33-14-21(29)24-17-6-5-7-18(12-17)34(31,32)27-19-8-3-2-4-11-23-19/h5-7,9-10,12-13H,2-4,8,11,14H2,1H3,(H,23,27)(H,24,29). The number of rotatable bonds is 6. The number of pyridine rings is 1. The zero-order chi connectivity index (χ0) is 24.1. The molecule has 3 heterocycles. The van der Waals surface area contributed by atoms with Gasteiger partial charge in [-0.2, -0.15) is 0 Å². The van der Waals surface area contributed by atoms with Gasteiger partial charge in [-0.05, 0) is 50.1 Å². The molecule has 0 bridgehead atoms. The number of aromatic nitrogens is 3. The number of hydrogen-bond acceptors (Lipinski definition) is 8. The van der Waals surface area contributed by atoms with Gasteiger partial charge in [-0.15, -0.1) is 10.2 Å². The highest BCUT2D eigenvalue weighted by Gasteiger charge is 2.18. The van der Waals surface area contributed by atoms with Gasteiger partial charge in [0.1, 0.15) is 11.7 Å². The SMILES string of the molecule is Cc1nnc2ccc(C(=O)OCC(=O)Nc3cccc(S(=O)(=O)NC4=NCCCCC4)c3)cn12. The van der Waals surface area contributed by atoms with Crippen molar-refractivity contribution in [2.24, 2.45) is 4.99 Å². The summed E-state index contributed by atoms with van der Waals surface area (Å²) in [4.78, 5) is 28.9. The quantitative estimate of drug-likeness (QED) is 0.510. The molecule has 0 aliphatic carbocycles. The average molecular weight is 485 g/mol. The number of esters is 1. The zero-order valence-electron chi connectivity index (χ0n) is 18.5. The Morgan fingerprint density at radius 2 is 1.97 bits per heavy atom. The van der Waals surface area contributed by atoms with E-state index in [1.807, 2.05) is 0 Å². The minimum atomic E-state index is -3.84. The summed E-state index contributed by atoms with van der Waals surface area (Å²) in [6, 6.07) is 8.98. The van der Waals surface area contributed by atoms with Crippen LogP contribution >= 0.6 is 0 Å². The van der Waals surface area contributed by atoms with Gasteiger partial charge in [0, 0.05) is 24.8 Å². The van der Waals surface area contributed by atoms with Crippen molar-refractivity contribution in [2.45, 2.75) is 37.5 Å². The third-order valence-corrected chi connectivity index (χ3v) is 6.58. The van der Waals surface area contributed by atoms with Crippen LogP contribution in [0.15, 0.2) is 52.5 Å². The Hall–Kier alpha value is -3.80. The summed E-state index contributed by atoms with van der Waals surface area (Å²) in [6.07, 6.45) is 4.93. The number of anilines is 1. The summed E-state index contributed by atoms with van der Waals surface area (Å²) in [7, 11) is -3.84. The first-order chi connectivity index (χ1) is 16.3. The Balaban J connectivity index is 1.36. The second kappa shape index (κ2) is 10.00. The number of nitrogens with zero attached hydrogens (tertiary/aromatic N) is 4. The molecule has 4 rings (SSSR count). The number of fused-ring (bicyclic) bond motifs is 1. The van der Waals surface area contributed by atoms with E-state index in [0.29, 0.717) is 30.3 Å². The van der Waals surface area contributed by atoms with Crippen LogP contribution < -0.4 is 10.0 Å². The van der Waals surface area contributed by atoms with E-state index < -0.39 is 28.5 Å². The molecule has 11 nitrogen and oxygen atoms in total. The molecular formula is C22H24N6O5S. The zero-order valence-corrected chi connectivity index (χ0v) is 19.3. The molecule has 2 aromatic heterocycles. The molecule has 3 aromatic rings. The van der Waals surface area contributed by atoms with Gasteiger partial charge in [0.15, 0.2) is 12.3 Å². The van der Waals surface area contributed by atoms with E-state index in [4.69, 9.17) is 4.74 Å². The van der Waals surface area contributed by atoms with Crippen molar-refractivity contribution in [3.05, 3.63) is 54.0 Å². The molecule has 2 N–H and O–H groups in total. The van der Waals surface area contributed by atoms with Crippen LogP contribution in [0, 0.1) is 6.92 Å². The van der Waals surface area contributed by atoms with Crippen molar-refractivity contribution in [3.8, 4) is 0 Å². The van der Waals surface area contributed by atoms with Crippen LogP contribution in [0.25, 0.3) is 5.65 Å². The number of carbonyl (C=O) groups excluding carboxylic acids is 2. The Morgan fingerprint density at radius 3 is 2.82 bits per heavy atom. The molecule has 0 spiro atoms. The minimum Gasteiger partial charge on any atom is -0.452 e. The summed E-state index contributed by atoms with van der Waals surface area (Å²) in [5.41, 5.74) is 1.08. The van der Waals surface area contributed by atoms with E-state index >= 15 is 0 Å². The lowest BCUT2D eigenvalue weighted by Crippen LogP contribution is -2.30. The van der Waals surface area contributed by atoms with Gasteiger partial charge in [0.05, 0.1) is 10.5 Å². The van der Waals surface area contributed by atoms with E-state index in [1.165, 1.54) is 30.5 Å². The first kappa shape index (κ1) is 23.4. The highest BCUT2D eigenvalue weighted by molar-refractivity contribution is 7.90. The topological polar surface area (TPSA) is 144 Å². The van der Waals surface area contributed by atoms with Crippen LogP contribution in [0.4, 0.5) is 5.69 Å². The van der Waals surface area contributed by atoms with Gasteiger partial charge in [-0.25, -0.2) is 13.2 Å². The molecule has 1 aliphatic rings. The predicted molar refractivity (Wildman–Crippen MR) is 124 cm³/mol. The Morgan fingerprint density at radius 1 is 1.12 bits per heavy atom. The van der Waals surface area contributed by atoms with Crippen molar-refractivity contribution in [2.75, 3.05) is 18.5 Å². The maximum Gasteiger partial charge on any atom is 0.340 e. The largest absolute Gasteiger partial charge is 0.452 e. The minimum absolute atomic E-state index is 0.00754. The van der Waals surface area contributed by atoms with Crippen LogP contribution in [-0.4, -0.2) is 53.9 Å². The monoisotopic (exact) mass is 484 g/mol. The smallest absolute Gasteiger partial charge is 0.340 e. The summed E-state index contributed by atoms with van der Waals surface area (Å²) >= 11 is 0. The van der Waals surface area contributed by atoms with Gasteiger partial charge in [-0.1, -0.05) is 12.5 Å².